The summed E-state index contributed by atoms with van der Waals surface area (Å²) in [6.45, 7) is 5.83. The van der Waals surface area contributed by atoms with E-state index in [0.29, 0.717) is 11.6 Å². The number of carbonyl (C=O) groups excluding carboxylic acids is 1. The summed E-state index contributed by atoms with van der Waals surface area (Å²) in [5.74, 6) is 0.303. The zero-order valence-corrected chi connectivity index (χ0v) is 11.7. The second-order valence-corrected chi connectivity index (χ2v) is 4.95. The number of hydrogen-bond donors (Lipinski definition) is 2. The van der Waals surface area contributed by atoms with Gasteiger partial charge in [-0.25, -0.2) is 4.68 Å². The first-order valence-corrected chi connectivity index (χ1v) is 6.37. The van der Waals surface area contributed by atoms with Gasteiger partial charge in [0.2, 0.25) is 11.8 Å². The third-order valence-electron chi connectivity index (χ3n) is 2.71. The maximum atomic E-state index is 11.8. The van der Waals surface area contributed by atoms with Crippen LogP contribution in [0.3, 0.4) is 0 Å². The van der Waals surface area contributed by atoms with Crippen LogP contribution < -0.4 is 11.1 Å². The van der Waals surface area contributed by atoms with E-state index in [4.69, 9.17) is 10.3 Å². The lowest BCUT2D eigenvalue weighted by Crippen LogP contribution is -2.18. The minimum Gasteiger partial charge on any atom is -0.338 e. The monoisotopic (exact) mass is 278 g/mol. The first-order valence-electron chi connectivity index (χ1n) is 6.37. The Morgan fingerprint density at radius 3 is 2.75 bits per heavy atom. The second kappa shape index (κ2) is 5.83. The number of carbonyl (C=O) groups is 1. The Morgan fingerprint density at radius 1 is 1.45 bits per heavy atom. The Morgan fingerprint density at radius 2 is 2.20 bits per heavy atom. The molecule has 2 aromatic heterocycles. The van der Waals surface area contributed by atoms with Crippen LogP contribution in [-0.4, -0.2) is 26.1 Å². The Kier molecular flexibility index (Phi) is 4.14. The highest BCUT2D eigenvalue weighted by Gasteiger charge is 2.12. The van der Waals surface area contributed by atoms with E-state index < -0.39 is 0 Å². The molecular weight excluding hydrogens is 260 g/mol. The van der Waals surface area contributed by atoms with Gasteiger partial charge in [-0.1, -0.05) is 24.2 Å². The van der Waals surface area contributed by atoms with E-state index in [0.717, 1.165) is 5.69 Å². The van der Waals surface area contributed by atoms with Crippen molar-refractivity contribution < 1.29 is 9.32 Å². The zero-order valence-electron chi connectivity index (χ0n) is 11.7. The molecule has 0 saturated heterocycles. The molecule has 3 N–H and O–H groups in total. The average Bonchev–Trinajstić information content (AvgIpc) is 2.98. The number of nitrogens with one attached hydrogen (secondary N) is 1. The molecule has 20 heavy (non-hydrogen) atoms. The molecule has 0 spiro atoms. The molecule has 1 amide bonds. The number of amides is 1. The maximum absolute atomic E-state index is 11.8. The van der Waals surface area contributed by atoms with Crippen molar-refractivity contribution >= 4 is 11.8 Å². The second-order valence-electron chi connectivity index (χ2n) is 4.95. The summed E-state index contributed by atoms with van der Waals surface area (Å²) in [5, 5.41) is 14.2. The normalized spacial score (nSPS) is 12.7. The fraction of sp³-hybridized carbons (Fsp3) is 0.500. The highest BCUT2D eigenvalue weighted by molar-refractivity contribution is 5.89. The van der Waals surface area contributed by atoms with Gasteiger partial charge in [-0.2, -0.15) is 0 Å². The van der Waals surface area contributed by atoms with Gasteiger partial charge in [0.15, 0.2) is 0 Å². The third-order valence-corrected chi connectivity index (χ3v) is 2.71. The molecule has 2 aromatic rings. The van der Waals surface area contributed by atoms with Gasteiger partial charge in [0.05, 0.1) is 17.6 Å². The Hall–Kier alpha value is -2.22. The van der Waals surface area contributed by atoms with E-state index in [9.17, 15) is 4.79 Å². The summed E-state index contributed by atoms with van der Waals surface area (Å²) in [7, 11) is 0. The summed E-state index contributed by atoms with van der Waals surface area (Å²) >= 11 is 0. The predicted octanol–water partition coefficient (Wildman–Crippen LogP) is 1.05. The number of aromatic nitrogens is 4. The van der Waals surface area contributed by atoms with Gasteiger partial charge in [0, 0.05) is 12.1 Å². The van der Waals surface area contributed by atoms with Crippen LogP contribution in [0.1, 0.15) is 44.1 Å². The summed E-state index contributed by atoms with van der Waals surface area (Å²) in [6.07, 6.45) is 1.64. The lowest BCUT2D eigenvalue weighted by atomic mass is 10.1. The largest absolute Gasteiger partial charge is 0.338 e. The summed E-state index contributed by atoms with van der Waals surface area (Å²) in [6, 6.07) is 1.49. The molecule has 0 aliphatic carbocycles. The summed E-state index contributed by atoms with van der Waals surface area (Å²) in [5.41, 5.74) is 7.10. The molecule has 1 atom stereocenters. The highest BCUT2D eigenvalue weighted by Crippen LogP contribution is 2.17. The topological polar surface area (TPSA) is 112 Å². The van der Waals surface area contributed by atoms with Crippen molar-refractivity contribution in [1.29, 1.82) is 0 Å². The molecule has 0 bridgehead atoms. The van der Waals surface area contributed by atoms with E-state index in [1.807, 2.05) is 13.8 Å². The van der Waals surface area contributed by atoms with E-state index in [-0.39, 0.29) is 24.4 Å². The minimum absolute atomic E-state index is 0.0391. The molecule has 0 aliphatic heterocycles. The highest BCUT2D eigenvalue weighted by atomic mass is 16.5. The van der Waals surface area contributed by atoms with Crippen LogP contribution in [0, 0.1) is 0 Å². The van der Waals surface area contributed by atoms with E-state index in [1.54, 1.807) is 19.2 Å². The molecular formula is C12H18N6O2. The first-order chi connectivity index (χ1) is 9.45. The Balaban J connectivity index is 1.94. The van der Waals surface area contributed by atoms with Gasteiger partial charge in [-0.05, 0) is 12.8 Å². The van der Waals surface area contributed by atoms with Crippen molar-refractivity contribution in [2.75, 3.05) is 5.32 Å². The number of nitrogens with two attached hydrogens (primary N) is 1. The Labute approximate surface area is 116 Å². The fourth-order valence-electron chi connectivity index (χ4n) is 1.54. The third kappa shape index (κ3) is 3.41. The van der Waals surface area contributed by atoms with Crippen molar-refractivity contribution in [3.05, 3.63) is 23.7 Å². The van der Waals surface area contributed by atoms with Crippen LogP contribution >= 0.6 is 0 Å². The van der Waals surface area contributed by atoms with Crippen molar-refractivity contribution in [2.24, 2.45) is 5.73 Å². The van der Waals surface area contributed by atoms with E-state index >= 15 is 0 Å². The molecule has 1 unspecified atom stereocenters. The molecule has 2 rings (SSSR count). The summed E-state index contributed by atoms with van der Waals surface area (Å²) < 4.78 is 6.45. The lowest BCUT2D eigenvalue weighted by molar-refractivity contribution is -0.117. The first kappa shape index (κ1) is 14.2. The lowest BCUT2D eigenvalue weighted by Gasteiger charge is -2.00. The number of rotatable bonds is 5. The summed E-state index contributed by atoms with van der Waals surface area (Å²) in [4.78, 5) is 11.8. The van der Waals surface area contributed by atoms with Crippen molar-refractivity contribution in [3.63, 3.8) is 0 Å². The molecule has 0 aromatic carbocycles. The van der Waals surface area contributed by atoms with Gasteiger partial charge >= 0.3 is 0 Å². The van der Waals surface area contributed by atoms with Gasteiger partial charge in [0.25, 0.3) is 0 Å². The maximum Gasteiger partial charge on any atom is 0.248 e. The fourth-order valence-corrected chi connectivity index (χ4v) is 1.54. The average molecular weight is 278 g/mol. The molecule has 0 fully saturated rings. The zero-order chi connectivity index (χ0) is 14.7. The molecule has 0 radical (unpaired) electrons. The molecule has 8 nitrogen and oxygen atoms in total. The molecule has 0 saturated carbocycles. The standard InChI is InChI=1S/C12H18N6O2/c1-7(2)9-4-12(20-16-9)14-11(19)6-18-5-10(8(3)13)15-17-18/h4-5,7-8H,6,13H2,1-3H3,(H,14,19). The van der Waals surface area contributed by atoms with Crippen LogP contribution in [-0.2, 0) is 11.3 Å². The van der Waals surface area contributed by atoms with Crippen molar-refractivity contribution in [2.45, 2.75) is 39.3 Å². The van der Waals surface area contributed by atoms with Crippen LogP contribution in [0.4, 0.5) is 5.88 Å². The number of hydrogen-bond acceptors (Lipinski definition) is 6. The molecule has 0 aliphatic rings. The van der Waals surface area contributed by atoms with Gasteiger partial charge < -0.3 is 10.3 Å². The van der Waals surface area contributed by atoms with Gasteiger partial charge in [-0.3, -0.25) is 10.1 Å². The van der Waals surface area contributed by atoms with Gasteiger partial charge in [-0.15, -0.1) is 5.10 Å². The number of nitrogens with zero attached hydrogens (tertiary/aromatic N) is 4. The SMILES string of the molecule is CC(C)c1cc(NC(=O)Cn2cc(C(C)N)nn2)on1. The van der Waals surface area contributed by atoms with Gasteiger partial charge in [0.1, 0.15) is 6.54 Å². The van der Waals surface area contributed by atoms with E-state index in [1.165, 1.54) is 4.68 Å². The van der Waals surface area contributed by atoms with Crippen LogP contribution in [0.15, 0.2) is 16.8 Å². The minimum atomic E-state index is -0.266. The van der Waals surface area contributed by atoms with Crippen LogP contribution in [0.25, 0.3) is 0 Å². The Bertz CT molecular complexity index is 536. The quantitative estimate of drug-likeness (QED) is 0.845. The molecule has 8 heteroatoms. The van der Waals surface area contributed by atoms with Crippen molar-refractivity contribution in [3.8, 4) is 0 Å². The van der Waals surface area contributed by atoms with Crippen molar-refractivity contribution in [1.82, 2.24) is 20.2 Å². The van der Waals surface area contributed by atoms with E-state index in [2.05, 4.69) is 20.8 Å². The van der Waals surface area contributed by atoms with Crippen LogP contribution in [0.2, 0.25) is 0 Å². The number of anilines is 1. The smallest absolute Gasteiger partial charge is 0.248 e. The molecule has 108 valence electrons. The van der Waals surface area contributed by atoms with Crippen LogP contribution in [0.5, 0.6) is 0 Å². The molecule has 2 heterocycles. The predicted molar refractivity (Wildman–Crippen MR) is 71.8 cm³/mol.